The second-order valence-corrected chi connectivity index (χ2v) is 10.9. The van der Waals surface area contributed by atoms with E-state index in [0.717, 1.165) is 25.7 Å². The molecule has 11 heteroatoms. The van der Waals surface area contributed by atoms with Crippen molar-refractivity contribution in [3.63, 3.8) is 0 Å². The topological polar surface area (TPSA) is 132 Å². The molecule has 2 aromatic carbocycles. The lowest BCUT2D eigenvalue weighted by atomic mass is 10.2. The minimum Gasteiger partial charge on any atom is -0.306 e. The molecule has 9 nitrogen and oxygen atoms in total. The summed E-state index contributed by atoms with van der Waals surface area (Å²) >= 11 is 0. The highest BCUT2D eigenvalue weighted by Gasteiger charge is 2.25. The molecule has 0 saturated carbocycles. The van der Waals surface area contributed by atoms with E-state index >= 15 is 0 Å². The number of hydrogen-bond donors (Lipinski definition) is 3. The van der Waals surface area contributed by atoms with Crippen molar-refractivity contribution < 1.29 is 16.8 Å². The van der Waals surface area contributed by atoms with Crippen molar-refractivity contribution in [2.24, 2.45) is 0 Å². The Morgan fingerprint density at radius 3 is 2.03 bits per heavy atom. The molecule has 1 aromatic heterocycles. The maximum atomic E-state index is 12.8. The molecule has 160 valence electrons. The number of nitrogens with one attached hydrogen (secondary N) is 3. The molecule has 0 atom stereocenters. The Morgan fingerprint density at radius 2 is 1.37 bits per heavy atom. The molecule has 1 fully saturated rings. The van der Waals surface area contributed by atoms with Crippen molar-refractivity contribution in [3.05, 3.63) is 52.9 Å². The SMILES string of the molecule is O=c1[nH]c2ccc(S(=O)(=O)Nc3ccc(S(=O)(=O)N4CCCCCC4)cc3)cc2[nH]1. The molecule has 1 aliphatic heterocycles. The lowest BCUT2D eigenvalue weighted by molar-refractivity contribution is 0.424. The fourth-order valence-corrected chi connectivity index (χ4v) is 6.12. The second-order valence-electron chi connectivity index (χ2n) is 7.23. The van der Waals surface area contributed by atoms with E-state index in [1.165, 1.54) is 46.8 Å². The summed E-state index contributed by atoms with van der Waals surface area (Å²) in [7, 11) is -7.52. The van der Waals surface area contributed by atoms with Crippen LogP contribution in [0.15, 0.2) is 57.1 Å². The lowest BCUT2D eigenvalue weighted by Crippen LogP contribution is -2.31. The minimum atomic E-state index is -3.91. The Morgan fingerprint density at radius 1 is 0.767 bits per heavy atom. The van der Waals surface area contributed by atoms with E-state index < -0.39 is 25.7 Å². The Kier molecular flexibility index (Phi) is 5.43. The highest BCUT2D eigenvalue weighted by atomic mass is 32.2. The van der Waals surface area contributed by atoms with Gasteiger partial charge in [-0.3, -0.25) is 4.72 Å². The molecule has 30 heavy (non-hydrogen) atoms. The summed E-state index contributed by atoms with van der Waals surface area (Å²) in [6, 6.07) is 9.91. The molecule has 0 amide bonds. The third kappa shape index (κ3) is 4.13. The van der Waals surface area contributed by atoms with Crippen LogP contribution in [0.25, 0.3) is 11.0 Å². The zero-order valence-corrected chi connectivity index (χ0v) is 17.7. The fraction of sp³-hybridized carbons (Fsp3) is 0.316. The van der Waals surface area contributed by atoms with Gasteiger partial charge in [-0.25, -0.2) is 21.6 Å². The smallest absolute Gasteiger partial charge is 0.306 e. The molecule has 0 unspecified atom stereocenters. The molecular weight excluding hydrogens is 428 g/mol. The predicted molar refractivity (Wildman–Crippen MR) is 113 cm³/mol. The van der Waals surface area contributed by atoms with E-state index in [-0.39, 0.29) is 15.5 Å². The van der Waals surface area contributed by atoms with Crippen LogP contribution in [0, 0.1) is 0 Å². The number of H-pyrrole nitrogens is 2. The van der Waals surface area contributed by atoms with E-state index in [0.29, 0.717) is 24.1 Å². The van der Waals surface area contributed by atoms with Crippen LogP contribution in [-0.4, -0.2) is 44.2 Å². The van der Waals surface area contributed by atoms with Gasteiger partial charge >= 0.3 is 5.69 Å². The third-order valence-corrected chi connectivity index (χ3v) is 8.40. The Bertz CT molecular complexity index is 1320. The quantitative estimate of drug-likeness (QED) is 0.548. The van der Waals surface area contributed by atoms with Crippen molar-refractivity contribution in [2.45, 2.75) is 35.5 Å². The zero-order valence-electron chi connectivity index (χ0n) is 16.1. The molecule has 0 bridgehead atoms. The monoisotopic (exact) mass is 450 g/mol. The van der Waals surface area contributed by atoms with Gasteiger partial charge in [-0.1, -0.05) is 12.8 Å². The number of benzene rings is 2. The normalized spacial score (nSPS) is 16.4. The van der Waals surface area contributed by atoms with Crippen molar-refractivity contribution in [3.8, 4) is 0 Å². The average molecular weight is 451 g/mol. The van der Waals surface area contributed by atoms with Crippen LogP contribution in [0.5, 0.6) is 0 Å². The highest BCUT2D eigenvalue weighted by Crippen LogP contribution is 2.23. The maximum Gasteiger partial charge on any atom is 0.323 e. The first-order valence-corrected chi connectivity index (χ1v) is 12.5. The first kappa shape index (κ1) is 20.6. The van der Waals surface area contributed by atoms with E-state index in [9.17, 15) is 21.6 Å². The van der Waals surface area contributed by atoms with E-state index in [1.54, 1.807) is 0 Å². The van der Waals surface area contributed by atoms with Gasteiger partial charge in [0, 0.05) is 18.8 Å². The number of hydrogen-bond acceptors (Lipinski definition) is 5. The summed E-state index contributed by atoms with van der Waals surface area (Å²) in [5.41, 5.74) is 0.699. The summed E-state index contributed by atoms with van der Waals surface area (Å²) in [6.07, 6.45) is 3.73. The number of rotatable bonds is 5. The molecule has 0 radical (unpaired) electrons. The standard InChI is InChI=1S/C19H22N4O5S2/c24-19-20-17-10-9-16(13-18(17)21-19)29(25,26)22-14-5-7-15(8-6-14)30(27,28)23-11-3-1-2-4-12-23/h5-10,13,22H,1-4,11-12H2,(H2,20,21,24). The van der Waals surface area contributed by atoms with E-state index in [4.69, 9.17) is 0 Å². The molecule has 0 aliphatic carbocycles. The Hall–Kier alpha value is -2.63. The van der Waals surface area contributed by atoms with Crippen LogP contribution < -0.4 is 10.4 Å². The van der Waals surface area contributed by atoms with Crippen molar-refractivity contribution >= 4 is 36.8 Å². The number of anilines is 1. The van der Waals surface area contributed by atoms with Gasteiger partial charge in [0.2, 0.25) is 10.0 Å². The maximum absolute atomic E-state index is 12.8. The van der Waals surface area contributed by atoms with Gasteiger partial charge in [0.15, 0.2) is 0 Å². The van der Waals surface area contributed by atoms with Crippen LogP contribution in [0.4, 0.5) is 5.69 Å². The molecule has 2 heterocycles. The minimum absolute atomic E-state index is 0.0217. The van der Waals surface area contributed by atoms with Crippen molar-refractivity contribution in [1.82, 2.24) is 14.3 Å². The number of sulfonamides is 2. The number of aromatic nitrogens is 2. The van der Waals surface area contributed by atoms with Crippen LogP contribution in [-0.2, 0) is 20.0 Å². The largest absolute Gasteiger partial charge is 0.323 e. The molecule has 0 spiro atoms. The van der Waals surface area contributed by atoms with Gasteiger partial charge in [0.25, 0.3) is 10.0 Å². The number of imidazole rings is 1. The van der Waals surface area contributed by atoms with Crippen molar-refractivity contribution in [2.75, 3.05) is 17.8 Å². The predicted octanol–water partition coefficient (Wildman–Crippen LogP) is 2.22. The Labute approximate surface area is 174 Å². The van der Waals surface area contributed by atoms with Crippen LogP contribution in [0.3, 0.4) is 0 Å². The van der Waals surface area contributed by atoms with Gasteiger partial charge in [0.05, 0.1) is 20.8 Å². The summed E-state index contributed by atoms with van der Waals surface area (Å²) < 4.78 is 55.0. The van der Waals surface area contributed by atoms with Gasteiger partial charge in [-0.2, -0.15) is 4.31 Å². The van der Waals surface area contributed by atoms with Gasteiger partial charge in [-0.05, 0) is 55.3 Å². The second kappa shape index (κ2) is 7.89. The molecule has 1 aliphatic rings. The van der Waals surface area contributed by atoms with Gasteiger partial charge < -0.3 is 9.97 Å². The first-order valence-electron chi connectivity index (χ1n) is 9.61. The first-order chi connectivity index (χ1) is 14.3. The summed E-state index contributed by atoms with van der Waals surface area (Å²) in [5.74, 6) is 0. The van der Waals surface area contributed by atoms with E-state index in [2.05, 4.69) is 14.7 Å². The molecular formula is C19H22N4O5S2. The van der Waals surface area contributed by atoms with Crippen molar-refractivity contribution in [1.29, 1.82) is 0 Å². The summed E-state index contributed by atoms with van der Waals surface area (Å²) in [5, 5.41) is 0. The lowest BCUT2D eigenvalue weighted by Gasteiger charge is -2.20. The Balaban J connectivity index is 1.55. The number of fused-ring (bicyclic) bond motifs is 1. The number of aromatic amines is 2. The van der Waals surface area contributed by atoms with Crippen LogP contribution in [0.1, 0.15) is 25.7 Å². The molecule has 1 saturated heterocycles. The summed E-state index contributed by atoms with van der Waals surface area (Å²) in [6.45, 7) is 1.00. The molecule has 3 N–H and O–H groups in total. The average Bonchev–Trinajstić information content (AvgIpc) is 2.89. The molecule has 4 rings (SSSR count). The molecule has 3 aromatic rings. The summed E-state index contributed by atoms with van der Waals surface area (Å²) in [4.78, 5) is 16.5. The van der Waals surface area contributed by atoms with Crippen LogP contribution in [0.2, 0.25) is 0 Å². The fourth-order valence-electron chi connectivity index (χ4n) is 3.52. The van der Waals surface area contributed by atoms with Gasteiger partial charge in [-0.15, -0.1) is 0 Å². The third-order valence-electron chi connectivity index (χ3n) is 5.11. The zero-order chi connectivity index (χ0) is 21.4. The van der Waals surface area contributed by atoms with E-state index in [1.807, 2.05) is 0 Å². The van der Waals surface area contributed by atoms with Gasteiger partial charge in [0.1, 0.15) is 0 Å². The number of nitrogens with zero attached hydrogens (tertiary/aromatic N) is 1. The highest BCUT2D eigenvalue weighted by molar-refractivity contribution is 7.92. The van der Waals surface area contributed by atoms with Crippen LogP contribution >= 0.6 is 0 Å².